The van der Waals surface area contributed by atoms with Crippen molar-refractivity contribution in [3.63, 3.8) is 0 Å². The molecule has 0 saturated carbocycles. The van der Waals surface area contributed by atoms with E-state index in [4.69, 9.17) is 0 Å². The van der Waals surface area contributed by atoms with Gasteiger partial charge in [-0.1, -0.05) is 6.07 Å². The number of pyridine rings is 1. The molecule has 9 heavy (non-hydrogen) atoms. The van der Waals surface area contributed by atoms with Crippen molar-refractivity contribution < 1.29 is 0 Å². The fourth-order valence-corrected chi connectivity index (χ4v) is 0.448. The van der Waals surface area contributed by atoms with Crippen molar-refractivity contribution in [2.45, 2.75) is 6.92 Å². The van der Waals surface area contributed by atoms with E-state index in [-0.39, 0.29) is 34.0 Å². The van der Waals surface area contributed by atoms with Gasteiger partial charge in [-0.2, -0.15) is 0 Å². The minimum atomic E-state index is 0. The molecule has 0 N–H and O–H groups in total. The Morgan fingerprint density at radius 2 is 1.89 bits per heavy atom. The second-order valence-electron chi connectivity index (χ2n) is 1.47. The predicted octanol–water partition coefficient (Wildman–Crippen LogP) is 2.55. The largest absolute Gasteiger partial charge is 0.262 e. The molecule has 0 spiro atoms. The van der Waals surface area contributed by atoms with Crippen LogP contribution in [0.3, 0.4) is 0 Å². The first kappa shape index (κ1) is 11.9. The van der Waals surface area contributed by atoms with Crippen LogP contribution in [0, 0.1) is 6.92 Å². The van der Waals surface area contributed by atoms with Crippen LogP contribution in [0.15, 0.2) is 24.4 Å². The number of halogens is 2. The summed E-state index contributed by atoms with van der Waals surface area (Å²) < 4.78 is 0. The maximum absolute atomic E-state index is 3.98. The molecular weight excluding hydrogens is 246 g/mol. The lowest BCUT2D eigenvalue weighted by molar-refractivity contribution is 1.20. The molecule has 0 aliphatic heterocycles. The van der Waals surface area contributed by atoms with Crippen molar-refractivity contribution in [3.05, 3.63) is 30.1 Å². The zero-order chi connectivity index (χ0) is 5.11. The molecular formula is C6H9Br2N. The van der Waals surface area contributed by atoms with E-state index < -0.39 is 0 Å². The van der Waals surface area contributed by atoms with Crippen molar-refractivity contribution in [1.82, 2.24) is 4.98 Å². The van der Waals surface area contributed by atoms with Crippen molar-refractivity contribution in [2.75, 3.05) is 0 Å². The molecule has 52 valence electrons. The Bertz CT molecular complexity index is 141. The van der Waals surface area contributed by atoms with Gasteiger partial charge in [0.25, 0.3) is 0 Å². The Kier molecular flexibility index (Phi) is 8.21. The molecule has 0 amide bonds. The molecule has 0 aliphatic carbocycles. The van der Waals surface area contributed by atoms with Gasteiger partial charge in [-0.05, 0) is 19.1 Å². The van der Waals surface area contributed by atoms with E-state index in [1.165, 1.54) is 0 Å². The highest BCUT2D eigenvalue weighted by molar-refractivity contribution is 8.93. The first-order chi connectivity index (χ1) is 3.39. The molecule has 0 radical (unpaired) electrons. The second kappa shape index (κ2) is 6.23. The third-order valence-corrected chi connectivity index (χ3v) is 0.813. The Balaban J connectivity index is 0. The van der Waals surface area contributed by atoms with Crippen LogP contribution in [-0.4, -0.2) is 4.98 Å². The normalized spacial score (nSPS) is 6.78. The van der Waals surface area contributed by atoms with E-state index in [9.17, 15) is 0 Å². The number of hydrogen-bond donors (Lipinski definition) is 0. The number of hydrogen-bond acceptors (Lipinski definition) is 1. The van der Waals surface area contributed by atoms with Gasteiger partial charge in [0.15, 0.2) is 0 Å². The van der Waals surface area contributed by atoms with E-state index in [1.54, 1.807) is 6.20 Å². The maximum atomic E-state index is 3.98. The molecule has 1 heterocycles. The minimum Gasteiger partial charge on any atom is -0.262 e. The SMILES string of the molecule is Br.Br.Cc1ccccn1. The Morgan fingerprint density at radius 1 is 1.22 bits per heavy atom. The molecule has 0 unspecified atom stereocenters. The number of nitrogens with zero attached hydrogens (tertiary/aromatic N) is 1. The average molecular weight is 255 g/mol. The standard InChI is InChI=1S/C6H7N.2BrH/c1-6-4-2-3-5-7-6;;/h2-5H,1H3;2*1H. The Morgan fingerprint density at radius 3 is 2.11 bits per heavy atom. The minimum absolute atomic E-state index is 0. The smallest absolute Gasteiger partial charge is 0.0372 e. The van der Waals surface area contributed by atoms with Crippen LogP contribution < -0.4 is 0 Å². The monoisotopic (exact) mass is 253 g/mol. The first-order valence-electron chi connectivity index (χ1n) is 2.27. The maximum Gasteiger partial charge on any atom is 0.0372 e. The summed E-state index contributed by atoms with van der Waals surface area (Å²) >= 11 is 0. The molecule has 3 heteroatoms. The van der Waals surface area contributed by atoms with Gasteiger partial charge in [-0.25, -0.2) is 0 Å². The lowest BCUT2D eigenvalue weighted by Crippen LogP contribution is -1.72. The molecule has 0 aromatic carbocycles. The first-order valence-corrected chi connectivity index (χ1v) is 2.27. The summed E-state index contributed by atoms with van der Waals surface area (Å²) in [5, 5.41) is 0. The third kappa shape index (κ3) is 4.60. The van der Waals surface area contributed by atoms with Gasteiger partial charge in [0, 0.05) is 11.9 Å². The second-order valence-corrected chi connectivity index (χ2v) is 1.47. The lowest BCUT2D eigenvalue weighted by atomic mass is 10.4. The zero-order valence-electron chi connectivity index (χ0n) is 5.07. The van der Waals surface area contributed by atoms with Gasteiger partial charge in [-0.3, -0.25) is 4.98 Å². The number of aromatic nitrogens is 1. The van der Waals surface area contributed by atoms with Crippen LogP contribution in [0.5, 0.6) is 0 Å². The van der Waals surface area contributed by atoms with E-state index in [0.717, 1.165) is 5.69 Å². The van der Waals surface area contributed by atoms with Crippen molar-refractivity contribution >= 4 is 34.0 Å². The highest BCUT2D eigenvalue weighted by Crippen LogP contribution is 1.85. The van der Waals surface area contributed by atoms with Crippen molar-refractivity contribution in [3.8, 4) is 0 Å². The molecule has 1 aromatic rings. The van der Waals surface area contributed by atoms with Gasteiger partial charge in [-0.15, -0.1) is 34.0 Å². The molecule has 1 aromatic heterocycles. The Hall–Kier alpha value is 0.110. The predicted molar refractivity (Wildman–Crippen MR) is 49.6 cm³/mol. The van der Waals surface area contributed by atoms with Gasteiger partial charge in [0.2, 0.25) is 0 Å². The molecule has 1 rings (SSSR count). The summed E-state index contributed by atoms with van der Waals surface area (Å²) in [5.41, 5.74) is 1.07. The molecule has 0 saturated heterocycles. The molecule has 0 fully saturated rings. The highest BCUT2D eigenvalue weighted by atomic mass is 79.9. The zero-order valence-corrected chi connectivity index (χ0v) is 8.50. The van der Waals surface area contributed by atoms with Gasteiger partial charge >= 0.3 is 0 Å². The summed E-state index contributed by atoms with van der Waals surface area (Å²) in [6, 6.07) is 5.86. The third-order valence-electron chi connectivity index (χ3n) is 0.813. The van der Waals surface area contributed by atoms with Crippen LogP contribution in [0.25, 0.3) is 0 Å². The quantitative estimate of drug-likeness (QED) is 0.694. The number of rotatable bonds is 0. The van der Waals surface area contributed by atoms with Gasteiger partial charge < -0.3 is 0 Å². The lowest BCUT2D eigenvalue weighted by Gasteiger charge is -1.82. The van der Waals surface area contributed by atoms with Crippen LogP contribution in [0.1, 0.15) is 5.69 Å². The molecule has 0 bridgehead atoms. The average Bonchev–Trinajstić information content (AvgIpc) is 1.69. The van der Waals surface area contributed by atoms with Crippen LogP contribution >= 0.6 is 34.0 Å². The van der Waals surface area contributed by atoms with Crippen molar-refractivity contribution in [2.24, 2.45) is 0 Å². The summed E-state index contributed by atoms with van der Waals surface area (Å²) in [7, 11) is 0. The van der Waals surface area contributed by atoms with E-state index >= 15 is 0 Å². The van der Waals surface area contributed by atoms with Gasteiger partial charge in [0.1, 0.15) is 0 Å². The molecule has 1 nitrogen and oxygen atoms in total. The fraction of sp³-hybridized carbons (Fsp3) is 0.167. The summed E-state index contributed by atoms with van der Waals surface area (Å²) in [4.78, 5) is 3.98. The van der Waals surface area contributed by atoms with E-state index in [1.807, 2.05) is 25.1 Å². The van der Waals surface area contributed by atoms with E-state index in [2.05, 4.69) is 4.98 Å². The summed E-state index contributed by atoms with van der Waals surface area (Å²) in [5.74, 6) is 0. The number of aryl methyl sites for hydroxylation is 1. The highest BCUT2D eigenvalue weighted by Gasteiger charge is 1.73. The van der Waals surface area contributed by atoms with Crippen LogP contribution in [0.4, 0.5) is 0 Å². The van der Waals surface area contributed by atoms with Crippen molar-refractivity contribution in [1.29, 1.82) is 0 Å². The Labute approximate surface area is 76.0 Å². The summed E-state index contributed by atoms with van der Waals surface area (Å²) in [6.45, 7) is 1.97. The molecule has 0 atom stereocenters. The summed E-state index contributed by atoms with van der Waals surface area (Å²) in [6.07, 6.45) is 1.79. The molecule has 0 aliphatic rings. The van der Waals surface area contributed by atoms with E-state index in [0.29, 0.717) is 0 Å². The van der Waals surface area contributed by atoms with Crippen LogP contribution in [0.2, 0.25) is 0 Å². The van der Waals surface area contributed by atoms with Crippen LogP contribution in [-0.2, 0) is 0 Å². The van der Waals surface area contributed by atoms with Gasteiger partial charge in [0.05, 0.1) is 0 Å². The fourth-order valence-electron chi connectivity index (χ4n) is 0.448. The topological polar surface area (TPSA) is 12.9 Å².